The zero-order chi connectivity index (χ0) is 18.5. The van der Waals surface area contributed by atoms with Crippen molar-refractivity contribution in [3.8, 4) is 0 Å². The molecule has 0 spiro atoms. The first-order valence-electron chi connectivity index (χ1n) is 9.12. The van der Waals surface area contributed by atoms with Gasteiger partial charge in [-0.2, -0.15) is 0 Å². The highest BCUT2D eigenvalue weighted by Gasteiger charge is 2.12. The SMILES string of the molecule is O=C(Nc1ccncc1)c1ccc(NCCC2=CCc3ccccc32)cc1. The maximum absolute atomic E-state index is 12.3. The van der Waals surface area contributed by atoms with E-state index in [1.165, 1.54) is 16.7 Å². The quantitative estimate of drug-likeness (QED) is 0.669. The number of nitrogens with zero attached hydrogens (tertiary/aromatic N) is 1. The van der Waals surface area contributed by atoms with Crippen molar-refractivity contribution in [3.05, 3.63) is 95.8 Å². The minimum atomic E-state index is -0.125. The summed E-state index contributed by atoms with van der Waals surface area (Å²) in [4.78, 5) is 16.2. The number of anilines is 2. The summed E-state index contributed by atoms with van der Waals surface area (Å²) in [6.07, 6.45) is 7.65. The van der Waals surface area contributed by atoms with Gasteiger partial charge < -0.3 is 10.6 Å². The molecule has 2 N–H and O–H groups in total. The highest BCUT2D eigenvalue weighted by Crippen LogP contribution is 2.29. The summed E-state index contributed by atoms with van der Waals surface area (Å²) in [5.41, 5.74) is 6.58. The fourth-order valence-corrected chi connectivity index (χ4v) is 3.31. The molecule has 0 atom stereocenters. The monoisotopic (exact) mass is 355 g/mol. The van der Waals surface area contributed by atoms with Gasteiger partial charge in [0, 0.05) is 35.9 Å². The van der Waals surface area contributed by atoms with E-state index in [4.69, 9.17) is 0 Å². The third-order valence-electron chi connectivity index (χ3n) is 4.74. The highest BCUT2D eigenvalue weighted by molar-refractivity contribution is 6.04. The number of allylic oxidation sites excluding steroid dienone is 1. The van der Waals surface area contributed by atoms with Crippen molar-refractivity contribution in [2.24, 2.45) is 0 Å². The Kier molecular flexibility index (Phi) is 4.97. The summed E-state index contributed by atoms with van der Waals surface area (Å²) in [5, 5.41) is 6.30. The summed E-state index contributed by atoms with van der Waals surface area (Å²) >= 11 is 0. The molecular formula is C23H21N3O. The zero-order valence-corrected chi connectivity index (χ0v) is 15.0. The van der Waals surface area contributed by atoms with Gasteiger partial charge in [-0.1, -0.05) is 30.3 Å². The Labute approximate surface area is 159 Å². The number of hydrogen-bond acceptors (Lipinski definition) is 3. The molecule has 0 fully saturated rings. The average Bonchev–Trinajstić information content (AvgIpc) is 3.12. The molecule has 2 aromatic carbocycles. The lowest BCUT2D eigenvalue weighted by Gasteiger charge is -2.10. The number of rotatable bonds is 6. The minimum Gasteiger partial charge on any atom is -0.385 e. The topological polar surface area (TPSA) is 54.0 Å². The van der Waals surface area contributed by atoms with E-state index in [0.29, 0.717) is 5.56 Å². The van der Waals surface area contributed by atoms with E-state index < -0.39 is 0 Å². The number of benzene rings is 2. The molecular weight excluding hydrogens is 334 g/mol. The standard InChI is InChI=1S/C23H21N3O/c27-23(26-21-12-14-24-15-13-21)19-7-9-20(10-8-19)25-16-11-18-6-5-17-3-1-2-4-22(17)18/h1-4,6-10,12-15,25H,5,11,16H2,(H,24,26,27). The maximum Gasteiger partial charge on any atom is 0.255 e. The number of fused-ring (bicyclic) bond motifs is 1. The second-order valence-corrected chi connectivity index (χ2v) is 6.53. The van der Waals surface area contributed by atoms with Crippen LogP contribution in [0.2, 0.25) is 0 Å². The molecule has 0 bridgehead atoms. The second-order valence-electron chi connectivity index (χ2n) is 6.53. The van der Waals surface area contributed by atoms with Crippen LogP contribution in [0.1, 0.15) is 27.9 Å². The number of pyridine rings is 1. The first-order valence-corrected chi connectivity index (χ1v) is 9.12. The van der Waals surface area contributed by atoms with Gasteiger partial charge in [0.05, 0.1) is 0 Å². The van der Waals surface area contributed by atoms with Crippen molar-refractivity contribution in [1.82, 2.24) is 4.98 Å². The average molecular weight is 355 g/mol. The Bertz CT molecular complexity index is 962. The van der Waals surface area contributed by atoms with E-state index in [-0.39, 0.29) is 5.91 Å². The minimum absolute atomic E-state index is 0.125. The summed E-state index contributed by atoms with van der Waals surface area (Å²) in [6, 6.07) is 19.7. The third-order valence-corrected chi connectivity index (χ3v) is 4.74. The van der Waals surface area contributed by atoms with E-state index in [0.717, 1.165) is 30.8 Å². The van der Waals surface area contributed by atoms with Gasteiger partial charge in [-0.25, -0.2) is 0 Å². The van der Waals surface area contributed by atoms with Gasteiger partial charge in [-0.15, -0.1) is 0 Å². The zero-order valence-electron chi connectivity index (χ0n) is 15.0. The van der Waals surface area contributed by atoms with Gasteiger partial charge in [0.2, 0.25) is 0 Å². The Morgan fingerprint density at radius 2 is 1.70 bits per heavy atom. The molecule has 134 valence electrons. The second kappa shape index (κ2) is 7.87. The fraction of sp³-hybridized carbons (Fsp3) is 0.130. The van der Waals surface area contributed by atoms with Crippen LogP contribution in [0.15, 0.2) is 79.1 Å². The predicted octanol–water partition coefficient (Wildman–Crippen LogP) is 4.78. The van der Waals surface area contributed by atoms with Gasteiger partial charge >= 0.3 is 0 Å². The van der Waals surface area contributed by atoms with Crippen molar-refractivity contribution in [3.63, 3.8) is 0 Å². The van der Waals surface area contributed by atoms with Gasteiger partial charge in [0.15, 0.2) is 0 Å². The molecule has 0 saturated carbocycles. The van der Waals surface area contributed by atoms with E-state index in [2.05, 4.69) is 46.0 Å². The van der Waals surface area contributed by atoms with E-state index in [1.807, 2.05) is 24.3 Å². The number of carbonyl (C=O) groups excluding carboxylic acids is 1. The van der Waals surface area contributed by atoms with Crippen LogP contribution < -0.4 is 10.6 Å². The molecule has 1 aliphatic carbocycles. The van der Waals surface area contributed by atoms with Crippen molar-refractivity contribution < 1.29 is 4.79 Å². The van der Waals surface area contributed by atoms with Gasteiger partial charge in [0.25, 0.3) is 5.91 Å². The number of amides is 1. The van der Waals surface area contributed by atoms with Crippen LogP contribution >= 0.6 is 0 Å². The molecule has 1 aromatic heterocycles. The van der Waals surface area contributed by atoms with Crippen LogP contribution in [0.3, 0.4) is 0 Å². The summed E-state index contributed by atoms with van der Waals surface area (Å²) in [5.74, 6) is -0.125. The normalized spacial score (nSPS) is 12.2. The molecule has 0 radical (unpaired) electrons. The van der Waals surface area contributed by atoms with Gasteiger partial charge in [-0.3, -0.25) is 9.78 Å². The molecule has 3 aromatic rings. The summed E-state index contributed by atoms with van der Waals surface area (Å²) in [7, 11) is 0. The molecule has 0 aliphatic heterocycles. The summed E-state index contributed by atoms with van der Waals surface area (Å²) in [6.45, 7) is 0.864. The van der Waals surface area contributed by atoms with Crippen LogP contribution in [0, 0.1) is 0 Å². The highest BCUT2D eigenvalue weighted by atomic mass is 16.1. The van der Waals surface area contributed by atoms with Crippen LogP contribution in [-0.2, 0) is 6.42 Å². The largest absolute Gasteiger partial charge is 0.385 e. The lowest BCUT2D eigenvalue weighted by atomic mass is 10.0. The van der Waals surface area contributed by atoms with Gasteiger partial charge in [-0.05, 0) is 65.9 Å². The summed E-state index contributed by atoms with van der Waals surface area (Å²) < 4.78 is 0. The lowest BCUT2D eigenvalue weighted by molar-refractivity contribution is 0.102. The number of carbonyl (C=O) groups is 1. The molecule has 1 aliphatic rings. The molecule has 27 heavy (non-hydrogen) atoms. The first kappa shape index (κ1) is 17.0. The molecule has 0 unspecified atom stereocenters. The maximum atomic E-state index is 12.3. The third kappa shape index (κ3) is 4.06. The molecule has 1 heterocycles. The first-order chi connectivity index (χ1) is 13.3. The predicted molar refractivity (Wildman–Crippen MR) is 110 cm³/mol. The number of nitrogens with one attached hydrogen (secondary N) is 2. The van der Waals surface area contributed by atoms with Crippen molar-refractivity contribution in [2.75, 3.05) is 17.2 Å². The number of hydrogen-bond donors (Lipinski definition) is 2. The Morgan fingerprint density at radius 3 is 2.52 bits per heavy atom. The smallest absolute Gasteiger partial charge is 0.255 e. The van der Waals surface area contributed by atoms with Crippen molar-refractivity contribution in [1.29, 1.82) is 0 Å². The van der Waals surface area contributed by atoms with Crippen LogP contribution in [0.25, 0.3) is 5.57 Å². The van der Waals surface area contributed by atoms with Crippen molar-refractivity contribution >= 4 is 22.9 Å². The Morgan fingerprint density at radius 1 is 0.926 bits per heavy atom. The van der Waals surface area contributed by atoms with E-state index in [9.17, 15) is 4.79 Å². The molecule has 4 rings (SSSR count). The Balaban J connectivity index is 1.30. The van der Waals surface area contributed by atoms with Crippen LogP contribution in [-0.4, -0.2) is 17.4 Å². The molecule has 1 amide bonds. The van der Waals surface area contributed by atoms with E-state index >= 15 is 0 Å². The fourth-order valence-electron chi connectivity index (χ4n) is 3.31. The van der Waals surface area contributed by atoms with E-state index in [1.54, 1.807) is 24.5 Å². The number of aromatic nitrogens is 1. The molecule has 4 nitrogen and oxygen atoms in total. The van der Waals surface area contributed by atoms with Crippen LogP contribution in [0.4, 0.5) is 11.4 Å². The molecule has 4 heteroatoms. The molecule has 0 saturated heterocycles. The van der Waals surface area contributed by atoms with Crippen LogP contribution in [0.5, 0.6) is 0 Å². The van der Waals surface area contributed by atoms with Gasteiger partial charge in [0.1, 0.15) is 0 Å². The lowest BCUT2D eigenvalue weighted by Crippen LogP contribution is -2.12. The van der Waals surface area contributed by atoms with Crippen molar-refractivity contribution in [2.45, 2.75) is 12.8 Å². The Hall–Kier alpha value is -3.40.